The quantitative estimate of drug-likeness (QED) is 0.0332. The molecule has 0 aromatic carbocycles. The maximum Gasteiger partial charge on any atom is 0.324 e. The van der Waals surface area contributed by atoms with E-state index in [0.29, 0.717) is 18.2 Å². The van der Waals surface area contributed by atoms with Gasteiger partial charge in [-0.15, -0.1) is 0 Å². The molecule has 6 amide bonds. The van der Waals surface area contributed by atoms with Crippen LogP contribution in [0.4, 0.5) is 9.59 Å². The van der Waals surface area contributed by atoms with E-state index in [0.717, 1.165) is 18.2 Å². The van der Waals surface area contributed by atoms with Gasteiger partial charge in [0.05, 0.1) is 0 Å². The summed E-state index contributed by atoms with van der Waals surface area (Å²) < 4.78 is 9.75. The van der Waals surface area contributed by atoms with Gasteiger partial charge in [0.1, 0.15) is 50.5 Å². The molecule has 4 atom stereocenters. The second kappa shape index (κ2) is 26.2. The maximum atomic E-state index is 12.4. The summed E-state index contributed by atoms with van der Waals surface area (Å²) in [4.78, 5) is 118. The molecule has 0 aromatic heterocycles. The Morgan fingerprint density at radius 1 is 0.667 bits per heavy atom. The predicted octanol–water partition coefficient (Wildman–Crippen LogP) is -3.81. The number of amides is 6. The molecule has 0 radical (unpaired) electrons. The van der Waals surface area contributed by atoms with Crippen LogP contribution in [0.3, 0.4) is 0 Å². The minimum absolute atomic E-state index is 0.183. The van der Waals surface area contributed by atoms with E-state index < -0.39 is 111 Å². The number of nitrogens with one attached hydrogen (secondary N) is 6. The van der Waals surface area contributed by atoms with Gasteiger partial charge in [0.15, 0.2) is 10.2 Å². The summed E-state index contributed by atoms with van der Waals surface area (Å²) in [6.07, 6.45) is 1.66. The van der Waals surface area contributed by atoms with Crippen LogP contribution in [-0.4, -0.2) is 143 Å². The van der Waals surface area contributed by atoms with Crippen molar-refractivity contribution in [2.24, 2.45) is 11.5 Å². The van der Waals surface area contributed by atoms with Crippen LogP contribution in [0.25, 0.3) is 0 Å². The first-order valence-corrected chi connectivity index (χ1v) is 17.1. The van der Waals surface area contributed by atoms with Gasteiger partial charge in [-0.05, 0) is 6.42 Å². The zero-order valence-electron chi connectivity index (χ0n) is 27.9. The normalized spacial score (nSPS) is 12.8. The van der Waals surface area contributed by atoms with E-state index >= 15 is 0 Å². The molecule has 0 aromatic rings. The molecule has 288 valence electrons. The lowest BCUT2D eigenvalue weighted by Gasteiger charge is -2.19. The summed E-state index contributed by atoms with van der Waals surface area (Å²) in [5.74, 6) is -6.78. The van der Waals surface area contributed by atoms with Crippen molar-refractivity contribution in [2.75, 3.05) is 50.9 Å². The first-order valence-electron chi connectivity index (χ1n) is 15.2. The molecule has 51 heavy (non-hydrogen) atoms. The van der Waals surface area contributed by atoms with Crippen LogP contribution >= 0.6 is 23.5 Å². The van der Waals surface area contributed by atoms with Gasteiger partial charge in [0.2, 0.25) is 11.8 Å². The number of rotatable bonds is 24. The molecule has 0 aliphatic carbocycles. The Morgan fingerprint density at radius 3 is 1.45 bits per heavy atom. The number of esters is 2. The summed E-state index contributed by atoms with van der Waals surface area (Å²) in [5.41, 5.74) is 11.4. The summed E-state index contributed by atoms with van der Waals surface area (Å²) in [7, 11) is 0. The average molecular weight is 769 g/mol. The number of carbonyl (C=O) groups excluding carboxylic acids is 8. The number of ether oxygens (including phenoxy) is 2. The van der Waals surface area contributed by atoms with Crippen molar-refractivity contribution in [1.82, 2.24) is 31.9 Å². The number of carboxylic acid groups (broad SMARTS) is 2. The third kappa shape index (κ3) is 23.4. The number of aliphatic carboxylic acids is 2. The molecule has 22 nitrogen and oxygen atoms in total. The standard InChI is InChI=1S/C27H44N8O14S2/c1-3-4-5-21(41)51-13-18(23(43)31-11-20(39)40)35-27(47)33-9-16(29)25(45)49-7-6-48-24(44)15(28)8-32-26(46)34-17(12-50-14(2)36)22(42)30-10-19(37)38/h15-18H,3-13,28-29H2,1-2H3,(H,30,42)(H,31,43)(H,37,38)(H,39,40)(H2,32,34,46)(H2,33,35,47)/t15-,16-,17-,18-/m0/s1. The lowest BCUT2D eigenvalue weighted by Crippen LogP contribution is -2.54. The Balaban J connectivity index is 4.66. The SMILES string of the molecule is CCCCC(=O)SC[C@H](NC(=O)NC[C@H](N)C(=O)OCCOC(=O)[C@@H](N)CNC(=O)N[C@@H](CSC(C)=O)C(=O)NCC(=O)O)C(=O)NCC(=O)O. The summed E-state index contributed by atoms with van der Waals surface area (Å²) in [5, 5.41) is 30.1. The smallest absolute Gasteiger partial charge is 0.324 e. The van der Waals surface area contributed by atoms with E-state index in [2.05, 4.69) is 31.9 Å². The van der Waals surface area contributed by atoms with Crippen molar-refractivity contribution >= 4 is 81.5 Å². The minimum Gasteiger partial charge on any atom is -0.480 e. The largest absolute Gasteiger partial charge is 0.480 e. The molecule has 0 spiro atoms. The predicted molar refractivity (Wildman–Crippen MR) is 180 cm³/mol. The van der Waals surface area contributed by atoms with Crippen LogP contribution < -0.4 is 43.4 Å². The highest BCUT2D eigenvalue weighted by atomic mass is 32.2. The lowest BCUT2D eigenvalue weighted by molar-refractivity contribution is -0.153. The Labute approximate surface area is 300 Å². The molecular weight excluding hydrogens is 724 g/mol. The van der Waals surface area contributed by atoms with Gasteiger partial charge in [0.25, 0.3) is 0 Å². The Kier molecular flexibility index (Phi) is 23.8. The van der Waals surface area contributed by atoms with Gasteiger partial charge < -0.3 is 63.1 Å². The monoisotopic (exact) mass is 768 g/mol. The maximum absolute atomic E-state index is 12.4. The molecular formula is C27H44N8O14S2. The summed E-state index contributed by atoms with van der Waals surface area (Å²) in [6, 6.07) is -7.30. The number of unbranched alkanes of at least 4 members (excludes halogenated alkanes) is 1. The molecule has 24 heteroatoms. The summed E-state index contributed by atoms with van der Waals surface area (Å²) >= 11 is 1.50. The van der Waals surface area contributed by atoms with E-state index in [9.17, 15) is 47.9 Å². The average Bonchev–Trinajstić information content (AvgIpc) is 3.07. The van der Waals surface area contributed by atoms with Crippen LogP contribution in [-0.2, 0) is 47.8 Å². The fraction of sp³-hybridized carbons (Fsp3) is 0.630. The zero-order valence-corrected chi connectivity index (χ0v) is 29.5. The molecule has 0 fully saturated rings. The highest BCUT2D eigenvalue weighted by Gasteiger charge is 2.25. The number of thioether (sulfide) groups is 2. The zero-order chi connectivity index (χ0) is 38.9. The topological polar surface area (TPSA) is 354 Å². The molecule has 0 aliphatic heterocycles. The van der Waals surface area contributed by atoms with E-state index in [4.69, 9.17) is 31.2 Å². The van der Waals surface area contributed by atoms with Crippen molar-refractivity contribution in [3.8, 4) is 0 Å². The van der Waals surface area contributed by atoms with Crippen LogP contribution in [0.15, 0.2) is 0 Å². The molecule has 0 heterocycles. The molecule has 0 saturated carbocycles. The van der Waals surface area contributed by atoms with Crippen LogP contribution in [0.5, 0.6) is 0 Å². The molecule has 0 saturated heterocycles. The van der Waals surface area contributed by atoms with Gasteiger partial charge in [-0.1, -0.05) is 36.9 Å². The van der Waals surface area contributed by atoms with Gasteiger partial charge in [-0.2, -0.15) is 0 Å². The molecule has 0 aliphatic rings. The van der Waals surface area contributed by atoms with Gasteiger partial charge in [0, 0.05) is 37.9 Å². The van der Waals surface area contributed by atoms with Gasteiger partial charge in [-0.3, -0.25) is 38.4 Å². The third-order valence-electron chi connectivity index (χ3n) is 5.81. The second-order valence-corrected chi connectivity index (χ2v) is 12.4. The van der Waals surface area contributed by atoms with Crippen LogP contribution in [0, 0.1) is 0 Å². The molecule has 0 unspecified atom stereocenters. The fourth-order valence-corrected chi connectivity index (χ4v) is 4.71. The van der Waals surface area contributed by atoms with Crippen LogP contribution in [0.1, 0.15) is 33.1 Å². The number of hydrogen-bond donors (Lipinski definition) is 10. The van der Waals surface area contributed by atoms with E-state index in [-0.39, 0.29) is 28.2 Å². The highest BCUT2D eigenvalue weighted by molar-refractivity contribution is 8.13. The van der Waals surface area contributed by atoms with Crippen molar-refractivity contribution in [1.29, 1.82) is 0 Å². The van der Waals surface area contributed by atoms with Crippen molar-refractivity contribution in [3.63, 3.8) is 0 Å². The Hall–Kier alpha value is -4.68. The first kappa shape index (κ1) is 46.3. The number of carboxylic acids is 2. The number of nitrogens with two attached hydrogens (primary N) is 2. The molecule has 12 N–H and O–H groups in total. The van der Waals surface area contributed by atoms with Crippen LogP contribution in [0.2, 0.25) is 0 Å². The third-order valence-corrected chi connectivity index (χ3v) is 7.75. The van der Waals surface area contributed by atoms with Gasteiger partial charge in [-0.25, -0.2) is 9.59 Å². The number of carbonyl (C=O) groups is 10. The van der Waals surface area contributed by atoms with Gasteiger partial charge >= 0.3 is 35.9 Å². The number of hydrogen-bond acceptors (Lipinski definition) is 16. The van der Waals surface area contributed by atoms with Crippen molar-refractivity contribution in [3.05, 3.63) is 0 Å². The summed E-state index contributed by atoms with van der Waals surface area (Å²) in [6.45, 7) is -0.201. The van der Waals surface area contributed by atoms with E-state index in [1.165, 1.54) is 6.92 Å². The molecule has 0 bridgehead atoms. The minimum atomic E-state index is -1.40. The number of urea groups is 2. The lowest BCUT2D eigenvalue weighted by atomic mass is 10.3. The highest BCUT2D eigenvalue weighted by Crippen LogP contribution is 2.11. The first-order chi connectivity index (χ1) is 24.0. The Bertz CT molecular complexity index is 1260. The van der Waals surface area contributed by atoms with Crippen molar-refractivity contribution < 1.29 is 67.6 Å². The van der Waals surface area contributed by atoms with E-state index in [1.54, 1.807) is 0 Å². The fourth-order valence-electron chi connectivity index (χ4n) is 3.20. The van der Waals surface area contributed by atoms with E-state index in [1.807, 2.05) is 6.92 Å². The van der Waals surface area contributed by atoms with Crippen molar-refractivity contribution in [2.45, 2.75) is 57.3 Å². The second-order valence-electron chi connectivity index (χ2n) is 10.2. The Morgan fingerprint density at radius 2 is 1.08 bits per heavy atom. The molecule has 0 rings (SSSR count).